The van der Waals surface area contributed by atoms with Crippen LogP contribution in [0.2, 0.25) is 0 Å². The molecule has 14 heteroatoms. The summed E-state index contributed by atoms with van der Waals surface area (Å²) in [5.74, 6) is 0. The summed E-state index contributed by atoms with van der Waals surface area (Å²) in [5, 5.41) is 43.1. The maximum atomic E-state index is 8.36. The van der Waals surface area contributed by atoms with Gasteiger partial charge < -0.3 is 40.8 Å². The first-order chi connectivity index (χ1) is 8.54. The topological polar surface area (TPSA) is 199 Å². The van der Waals surface area contributed by atoms with Crippen molar-refractivity contribution in [2.75, 3.05) is 19.6 Å². The molecule has 0 aliphatic heterocycles. The average molecular weight is 352 g/mol. The van der Waals surface area contributed by atoms with E-state index in [1.807, 2.05) is 0 Å². The molecule has 0 amide bonds. The first-order valence-corrected chi connectivity index (χ1v) is 4.73. The minimum absolute atomic E-state index is 0. The van der Waals surface area contributed by atoms with Gasteiger partial charge in [-0.05, 0) is 19.6 Å². The van der Waals surface area contributed by atoms with Gasteiger partial charge in [0.25, 0.3) is 5.09 Å². The van der Waals surface area contributed by atoms with Crippen LogP contribution in [0.4, 0.5) is 0 Å². The van der Waals surface area contributed by atoms with E-state index in [-0.39, 0.29) is 17.1 Å². The van der Waals surface area contributed by atoms with Gasteiger partial charge in [-0.1, -0.05) is 20.8 Å². The van der Waals surface area contributed by atoms with E-state index in [4.69, 9.17) is 46.0 Å². The molecule has 0 fully saturated rings. The van der Waals surface area contributed by atoms with Crippen LogP contribution < -0.4 is 0 Å². The molecule has 1 radical (unpaired) electrons. The molecule has 0 aromatic carbocycles. The summed E-state index contributed by atoms with van der Waals surface area (Å²) in [6, 6.07) is 0. The standard InChI is InChI=1S/C6H15N.Cu.HNO3.2NO3/c1-4-7(5-2)6-3;;3*2-1(3)4/h4-6H2,1-3H3;;(H,2,3,4);;/q;+2;;2*-1. The third kappa shape index (κ3) is 220. The van der Waals surface area contributed by atoms with Gasteiger partial charge in [-0.2, -0.15) is 0 Å². The zero-order chi connectivity index (χ0) is 16.4. The van der Waals surface area contributed by atoms with Crippen LogP contribution in [0, 0.1) is 40.8 Å². The predicted molar refractivity (Wildman–Crippen MR) is 63.0 cm³/mol. The summed E-state index contributed by atoms with van der Waals surface area (Å²) < 4.78 is 0. The molecule has 0 heterocycles. The first kappa shape index (κ1) is 30.8. The van der Waals surface area contributed by atoms with Crippen molar-refractivity contribution in [2.45, 2.75) is 20.8 Å². The quantitative estimate of drug-likeness (QED) is 0.424. The molecule has 1 N–H and O–H groups in total. The van der Waals surface area contributed by atoms with Crippen molar-refractivity contribution in [1.29, 1.82) is 0 Å². The van der Waals surface area contributed by atoms with Crippen LogP contribution in [0.5, 0.6) is 0 Å². The molecular formula is C6H16CuN4O9. The van der Waals surface area contributed by atoms with Crippen LogP contribution in [0.25, 0.3) is 0 Å². The Kier molecular flexibility index (Phi) is 39.8. The molecular weight excluding hydrogens is 336 g/mol. The molecule has 0 spiro atoms. The van der Waals surface area contributed by atoms with E-state index in [1.165, 1.54) is 19.6 Å². The smallest absolute Gasteiger partial charge is 0.356 e. The Balaban J connectivity index is -0.0000000512. The zero-order valence-corrected chi connectivity index (χ0v) is 11.9. The Morgan fingerprint density at radius 2 is 0.900 bits per heavy atom. The third-order valence-corrected chi connectivity index (χ3v) is 1.34. The van der Waals surface area contributed by atoms with Gasteiger partial charge in [-0.25, -0.2) is 0 Å². The molecule has 13 nitrogen and oxygen atoms in total. The number of nitrogens with zero attached hydrogens (tertiary/aromatic N) is 4. The molecule has 0 aliphatic rings. The second-order valence-electron chi connectivity index (χ2n) is 2.30. The van der Waals surface area contributed by atoms with Gasteiger partial charge in [0.1, 0.15) is 0 Å². The summed E-state index contributed by atoms with van der Waals surface area (Å²) in [6.45, 7) is 10.1. The molecule has 0 aliphatic carbocycles. The van der Waals surface area contributed by atoms with Gasteiger partial charge in [0.15, 0.2) is 0 Å². The second-order valence-corrected chi connectivity index (χ2v) is 2.30. The molecule has 0 aromatic rings. The minimum atomic E-state index is -1.75. The summed E-state index contributed by atoms with van der Waals surface area (Å²) >= 11 is 0. The van der Waals surface area contributed by atoms with Crippen molar-refractivity contribution >= 4 is 0 Å². The van der Waals surface area contributed by atoms with Gasteiger partial charge in [0.05, 0.1) is 10.2 Å². The predicted octanol–water partition coefficient (Wildman–Crippen LogP) is 0.520. The Bertz CT molecular complexity index is 192. The van der Waals surface area contributed by atoms with E-state index in [0.717, 1.165) is 0 Å². The zero-order valence-electron chi connectivity index (χ0n) is 10.9. The van der Waals surface area contributed by atoms with Gasteiger partial charge >= 0.3 is 17.1 Å². The van der Waals surface area contributed by atoms with Gasteiger partial charge in [-0.15, -0.1) is 10.1 Å². The van der Waals surface area contributed by atoms with Crippen LogP contribution in [0.15, 0.2) is 0 Å². The second kappa shape index (κ2) is 25.8. The fourth-order valence-electron chi connectivity index (χ4n) is 0.671. The third-order valence-electron chi connectivity index (χ3n) is 1.34. The molecule has 0 rings (SSSR count). The number of hydrogen-bond acceptors (Lipinski definition) is 9. The molecule has 0 bridgehead atoms. The van der Waals surface area contributed by atoms with Crippen LogP contribution in [0.1, 0.15) is 20.8 Å². The Labute approximate surface area is 124 Å². The SMILES string of the molecule is CCN(CC)CC.O=[N+]([O-])O.O=[N+]([O-])[O-].O=[N+]([O-])[O-].[Cu+2]. The van der Waals surface area contributed by atoms with Crippen LogP contribution >= 0.6 is 0 Å². The molecule has 125 valence electrons. The number of rotatable bonds is 3. The van der Waals surface area contributed by atoms with E-state index < -0.39 is 15.3 Å². The fraction of sp³-hybridized carbons (Fsp3) is 1.00. The van der Waals surface area contributed by atoms with Crippen molar-refractivity contribution < 1.29 is 37.5 Å². The van der Waals surface area contributed by atoms with Gasteiger partial charge in [-0.3, -0.25) is 0 Å². The maximum Gasteiger partial charge on any atom is 2.00 e. The average Bonchev–Trinajstić information content (AvgIpc) is 2.17. The van der Waals surface area contributed by atoms with Crippen LogP contribution in [-0.4, -0.2) is 45.0 Å². The summed E-state index contributed by atoms with van der Waals surface area (Å²) in [4.78, 5) is 27.2. The van der Waals surface area contributed by atoms with Gasteiger partial charge in [0.2, 0.25) is 0 Å². The maximum absolute atomic E-state index is 8.36. The van der Waals surface area contributed by atoms with Crippen LogP contribution in [0.3, 0.4) is 0 Å². The normalized spacial score (nSPS) is 7.20. The van der Waals surface area contributed by atoms with E-state index in [2.05, 4.69) is 25.7 Å². The molecule has 0 unspecified atom stereocenters. The molecule has 20 heavy (non-hydrogen) atoms. The van der Waals surface area contributed by atoms with Crippen molar-refractivity contribution in [3.05, 3.63) is 40.8 Å². The molecule has 0 saturated carbocycles. The van der Waals surface area contributed by atoms with Gasteiger partial charge in [0, 0.05) is 0 Å². The Morgan fingerprint density at radius 1 is 0.800 bits per heavy atom. The van der Waals surface area contributed by atoms with Crippen molar-refractivity contribution in [3.63, 3.8) is 0 Å². The number of hydrogen-bond donors (Lipinski definition) is 1. The molecule has 0 aromatic heterocycles. The molecule has 0 atom stereocenters. The van der Waals surface area contributed by atoms with Crippen molar-refractivity contribution in [2.24, 2.45) is 0 Å². The summed E-state index contributed by atoms with van der Waals surface area (Å²) in [7, 11) is 0. The minimum Gasteiger partial charge on any atom is -0.356 e. The Hall–Kier alpha value is -1.92. The first-order valence-electron chi connectivity index (χ1n) is 4.73. The molecule has 0 saturated heterocycles. The van der Waals surface area contributed by atoms with Crippen molar-refractivity contribution in [3.8, 4) is 0 Å². The van der Waals surface area contributed by atoms with Crippen LogP contribution in [-0.2, 0) is 17.1 Å². The summed E-state index contributed by atoms with van der Waals surface area (Å²) in [5.41, 5.74) is 0. The largest absolute Gasteiger partial charge is 2.00 e. The van der Waals surface area contributed by atoms with E-state index in [9.17, 15) is 0 Å². The van der Waals surface area contributed by atoms with E-state index in [1.54, 1.807) is 0 Å². The monoisotopic (exact) mass is 351 g/mol. The summed E-state index contributed by atoms with van der Waals surface area (Å²) in [6.07, 6.45) is 0. The van der Waals surface area contributed by atoms with E-state index >= 15 is 0 Å². The fourth-order valence-corrected chi connectivity index (χ4v) is 0.671. The van der Waals surface area contributed by atoms with Crippen molar-refractivity contribution in [1.82, 2.24) is 4.90 Å². The van der Waals surface area contributed by atoms with E-state index in [0.29, 0.717) is 0 Å². The Morgan fingerprint density at radius 3 is 0.900 bits per heavy atom.